The van der Waals surface area contributed by atoms with Crippen LogP contribution in [0, 0.1) is 11.3 Å². The molecule has 110 valence electrons. The molecule has 2 aromatic rings. The van der Waals surface area contributed by atoms with Crippen molar-refractivity contribution >= 4 is 11.7 Å². The van der Waals surface area contributed by atoms with Gasteiger partial charge in [-0.1, -0.05) is 6.08 Å². The van der Waals surface area contributed by atoms with Crippen LogP contribution < -0.4 is 0 Å². The SMILES string of the molecule is N#Cc1ccc(-n2cc(C3=CCN(C(=O)O)CC3)cn2)cc1. The highest BCUT2D eigenvalue weighted by Crippen LogP contribution is 2.23. The molecule has 22 heavy (non-hydrogen) atoms. The molecule has 6 heteroatoms. The standard InChI is InChI=1S/C16H14N4O2/c17-9-12-1-3-15(4-2-12)20-11-14(10-18-20)13-5-7-19(8-6-13)16(21)22/h1-5,10-11H,6-8H2,(H,21,22). The van der Waals surface area contributed by atoms with Gasteiger partial charge in [0, 0.05) is 24.8 Å². The van der Waals surface area contributed by atoms with Gasteiger partial charge in [0.25, 0.3) is 0 Å². The van der Waals surface area contributed by atoms with Gasteiger partial charge in [0.05, 0.1) is 23.5 Å². The topological polar surface area (TPSA) is 82.2 Å². The average molecular weight is 294 g/mol. The molecule has 6 nitrogen and oxygen atoms in total. The quantitative estimate of drug-likeness (QED) is 0.922. The molecule has 1 aliphatic rings. The lowest BCUT2D eigenvalue weighted by Crippen LogP contribution is -2.33. The molecule has 0 fully saturated rings. The van der Waals surface area contributed by atoms with Crippen molar-refractivity contribution in [3.05, 3.63) is 53.9 Å². The molecule has 0 saturated carbocycles. The first-order chi connectivity index (χ1) is 10.7. The van der Waals surface area contributed by atoms with Gasteiger partial charge in [0.15, 0.2) is 0 Å². The molecule has 1 aliphatic heterocycles. The first-order valence-electron chi connectivity index (χ1n) is 6.90. The van der Waals surface area contributed by atoms with Gasteiger partial charge < -0.3 is 10.0 Å². The predicted molar refractivity (Wildman–Crippen MR) is 80.5 cm³/mol. The van der Waals surface area contributed by atoms with Crippen LogP contribution in [0.25, 0.3) is 11.3 Å². The van der Waals surface area contributed by atoms with Gasteiger partial charge in [-0.3, -0.25) is 0 Å². The number of hydrogen-bond acceptors (Lipinski definition) is 3. The van der Waals surface area contributed by atoms with E-state index in [2.05, 4.69) is 11.2 Å². The molecular formula is C16H14N4O2. The van der Waals surface area contributed by atoms with Crippen LogP contribution in [0.2, 0.25) is 0 Å². The van der Waals surface area contributed by atoms with Crippen molar-refractivity contribution in [3.8, 4) is 11.8 Å². The van der Waals surface area contributed by atoms with E-state index in [4.69, 9.17) is 10.4 Å². The van der Waals surface area contributed by atoms with E-state index in [0.717, 1.165) is 16.8 Å². The van der Waals surface area contributed by atoms with Crippen molar-refractivity contribution in [2.75, 3.05) is 13.1 Å². The minimum absolute atomic E-state index is 0.409. The minimum Gasteiger partial charge on any atom is -0.465 e. The monoisotopic (exact) mass is 294 g/mol. The second-order valence-corrected chi connectivity index (χ2v) is 5.04. The summed E-state index contributed by atoms with van der Waals surface area (Å²) in [5, 5.41) is 22.1. The maximum Gasteiger partial charge on any atom is 0.407 e. The maximum absolute atomic E-state index is 10.9. The highest BCUT2D eigenvalue weighted by atomic mass is 16.4. The third kappa shape index (κ3) is 2.69. The third-order valence-electron chi connectivity index (χ3n) is 3.69. The second-order valence-electron chi connectivity index (χ2n) is 5.04. The predicted octanol–water partition coefficient (Wildman–Crippen LogP) is 2.51. The summed E-state index contributed by atoms with van der Waals surface area (Å²) in [5.41, 5.74) is 3.60. The fourth-order valence-corrected chi connectivity index (χ4v) is 2.42. The average Bonchev–Trinajstić information content (AvgIpc) is 3.05. The zero-order chi connectivity index (χ0) is 15.5. The smallest absolute Gasteiger partial charge is 0.407 e. The Balaban J connectivity index is 1.79. The van der Waals surface area contributed by atoms with Crippen molar-refractivity contribution in [2.24, 2.45) is 0 Å². The Morgan fingerprint density at radius 1 is 1.32 bits per heavy atom. The number of amides is 1. The number of nitriles is 1. The molecule has 0 saturated heterocycles. The summed E-state index contributed by atoms with van der Waals surface area (Å²) in [7, 11) is 0. The summed E-state index contributed by atoms with van der Waals surface area (Å²) in [6, 6.07) is 9.27. The maximum atomic E-state index is 10.9. The molecule has 0 unspecified atom stereocenters. The van der Waals surface area contributed by atoms with E-state index in [9.17, 15) is 4.79 Å². The number of benzene rings is 1. The number of carboxylic acid groups (broad SMARTS) is 1. The highest BCUT2D eigenvalue weighted by Gasteiger charge is 2.17. The summed E-state index contributed by atoms with van der Waals surface area (Å²) >= 11 is 0. The largest absolute Gasteiger partial charge is 0.465 e. The van der Waals surface area contributed by atoms with E-state index in [1.807, 2.05) is 24.4 Å². The molecule has 0 aliphatic carbocycles. The van der Waals surface area contributed by atoms with E-state index < -0.39 is 6.09 Å². The number of hydrogen-bond donors (Lipinski definition) is 1. The Hall–Kier alpha value is -3.07. The number of nitrogens with zero attached hydrogens (tertiary/aromatic N) is 4. The van der Waals surface area contributed by atoms with Crippen molar-refractivity contribution in [3.63, 3.8) is 0 Å². The fourth-order valence-electron chi connectivity index (χ4n) is 2.42. The van der Waals surface area contributed by atoms with Crippen LogP contribution in [-0.2, 0) is 0 Å². The van der Waals surface area contributed by atoms with Gasteiger partial charge in [-0.15, -0.1) is 0 Å². The molecule has 1 aromatic heterocycles. The van der Waals surface area contributed by atoms with Crippen LogP contribution in [0.1, 0.15) is 17.5 Å². The molecule has 1 amide bonds. The van der Waals surface area contributed by atoms with Crippen LogP contribution in [0.5, 0.6) is 0 Å². The Bertz CT molecular complexity index is 768. The van der Waals surface area contributed by atoms with Gasteiger partial charge >= 0.3 is 6.09 Å². The fraction of sp³-hybridized carbons (Fsp3) is 0.188. The normalized spacial score (nSPS) is 14.3. The number of carbonyl (C=O) groups is 1. The summed E-state index contributed by atoms with van der Waals surface area (Å²) in [5.74, 6) is 0. The van der Waals surface area contributed by atoms with Gasteiger partial charge in [-0.05, 0) is 36.3 Å². The number of aromatic nitrogens is 2. The van der Waals surface area contributed by atoms with Crippen molar-refractivity contribution < 1.29 is 9.90 Å². The lowest BCUT2D eigenvalue weighted by molar-refractivity contribution is 0.150. The second kappa shape index (κ2) is 5.74. The number of rotatable bonds is 2. The zero-order valence-electron chi connectivity index (χ0n) is 11.8. The van der Waals surface area contributed by atoms with Gasteiger partial charge in [0.2, 0.25) is 0 Å². The molecule has 0 radical (unpaired) electrons. The molecule has 1 aromatic carbocycles. The zero-order valence-corrected chi connectivity index (χ0v) is 11.8. The van der Waals surface area contributed by atoms with E-state index in [1.54, 1.807) is 23.0 Å². The van der Waals surface area contributed by atoms with Gasteiger partial charge in [-0.2, -0.15) is 10.4 Å². The van der Waals surface area contributed by atoms with Crippen LogP contribution in [0.3, 0.4) is 0 Å². The van der Waals surface area contributed by atoms with Crippen molar-refractivity contribution in [1.29, 1.82) is 5.26 Å². The lowest BCUT2D eigenvalue weighted by atomic mass is 10.0. The molecule has 0 atom stereocenters. The van der Waals surface area contributed by atoms with Crippen LogP contribution in [0.15, 0.2) is 42.7 Å². The Labute approximate surface area is 127 Å². The Kier molecular flexibility index (Phi) is 3.62. The molecular weight excluding hydrogens is 280 g/mol. The van der Waals surface area contributed by atoms with Gasteiger partial charge in [0.1, 0.15) is 0 Å². The van der Waals surface area contributed by atoms with E-state index in [0.29, 0.717) is 25.1 Å². The van der Waals surface area contributed by atoms with Crippen LogP contribution in [0.4, 0.5) is 4.79 Å². The van der Waals surface area contributed by atoms with Crippen LogP contribution in [-0.4, -0.2) is 39.0 Å². The molecule has 0 spiro atoms. The summed E-state index contributed by atoms with van der Waals surface area (Å²) < 4.78 is 1.75. The van der Waals surface area contributed by atoms with Crippen molar-refractivity contribution in [1.82, 2.24) is 14.7 Å². The highest BCUT2D eigenvalue weighted by molar-refractivity contribution is 5.70. The summed E-state index contributed by atoms with van der Waals surface area (Å²) in [6.07, 6.45) is 5.43. The van der Waals surface area contributed by atoms with Gasteiger partial charge in [-0.25, -0.2) is 9.48 Å². The summed E-state index contributed by atoms with van der Waals surface area (Å²) in [4.78, 5) is 12.3. The minimum atomic E-state index is -0.886. The Morgan fingerprint density at radius 2 is 2.09 bits per heavy atom. The van der Waals surface area contributed by atoms with E-state index >= 15 is 0 Å². The van der Waals surface area contributed by atoms with Crippen molar-refractivity contribution in [2.45, 2.75) is 6.42 Å². The van der Waals surface area contributed by atoms with E-state index in [-0.39, 0.29) is 0 Å². The molecule has 1 N–H and O–H groups in total. The molecule has 3 rings (SSSR count). The summed E-state index contributed by atoms with van der Waals surface area (Å²) in [6.45, 7) is 0.913. The van der Waals surface area contributed by atoms with Crippen LogP contribution >= 0.6 is 0 Å². The molecule has 2 heterocycles. The lowest BCUT2D eigenvalue weighted by Gasteiger charge is -2.23. The first kappa shape index (κ1) is 13.9. The Morgan fingerprint density at radius 3 is 2.68 bits per heavy atom. The third-order valence-corrected chi connectivity index (χ3v) is 3.69. The first-order valence-corrected chi connectivity index (χ1v) is 6.90. The van der Waals surface area contributed by atoms with E-state index in [1.165, 1.54) is 4.90 Å². The molecule has 0 bridgehead atoms.